The lowest BCUT2D eigenvalue weighted by molar-refractivity contribution is 0.220. The molecule has 1 saturated heterocycles. The number of pyridine rings is 1. The Morgan fingerprint density at radius 1 is 1.50 bits per heavy atom. The van der Waals surface area contributed by atoms with Crippen LogP contribution in [0.5, 0.6) is 0 Å². The maximum Gasteiger partial charge on any atom is 0.139 e. The molecule has 1 fully saturated rings. The fraction of sp³-hybridized carbons (Fsp3) is 0.600. The molecule has 20 heavy (non-hydrogen) atoms. The van der Waals surface area contributed by atoms with Gasteiger partial charge in [-0.3, -0.25) is 5.41 Å². The zero-order valence-corrected chi connectivity index (χ0v) is 12.7. The first-order chi connectivity index (χ1) is 9.54. The summed E-state index contributed by atoms with van der Waals surface area (Å²) in [5, 5.41) is 7.79. The minimum Gasteiger partial charge on any atom is -0.384 e. The zero-order valence-electron chi connectivity index (χ0n) is 12.7. The van der Waals surface area contributed by atoms with Crippen LogP contribution in [-0.4, -0.2) is 48.4 Å². The summed E-state index contributed by atoms with van der Waals surface area (Å²) >= 11 is 0. The van der Waals surface area contributed by atoms with Crippen molar-refractivity contribution < 1.29 is 0 Å². The van der Waals surface area contributed by atoms with Gasteiger partial charge in [-0.2, -0.15) is 0 Å². The standard InChI is InChI=1S/C15H25N5/c1-4-20-9-6-12(7-10-20)19(3)15-13(14(16)17)11(2)5-8-18-15/h5,8,12H,4,6-7,9-10H2,1-3H3,(H3,16,17). The summed E-state index contributed by atoms with van der Waals surface area (Å²) < 4.78 is 0. The SMILES string of the molecule is CCN1CCC(N(C)c2nccc(C)c2C(=N)N)CC1. The van der Waals surface area contributed by atoms with Gasteiger partial charge in [0.2, 0.25) is 0 Å². The molecule has 0 bridgehead atoms. The Morgan fingerprint density at radius 3 is 2.70 bits per heavy atom. The van der Waals surface area contributed by atoms with Gasteiger partial charge in [-0.15, -0.1) is 0 Å². The smallest absolute Gasteiger partial charge is 0.139 e. The van der Waals surface area contributed by atoms with E-state index >= 15 is 0 Å². The molecule has 5 nitrogen and oxygen atoms in total. The highest BCUT2D eigenvalue weighted by atomic mass is 15.2. The third-order valence-corrected chi connectivity index (χ3v) is 4.29. The highest BCUT2D eigenvalue weighted by Crippen LogP contribution is 2.25. The van der Waals surface area contributed by atoms with E-state index < -0.39 is 0 Å². The Morgan fingerprint density at radius 2 is 2.15 bits per heavy atom. The molecule has 2 heterocycles. The number of anilines is 1. The van der Waals surface area contributed by atoms with Crippen LogP contribution in [0, 0.1) is 12.3 Å². The summed E-state index contributed by atoms with van der Waals surface area (Å²) in [5.74, 6) is 0.941. The molecule has 0 amide bonds. The number of rotatable bonds is 4. The Bertz CT molecular complexity index is 477. The van der Waals surface area contributed by atoms with Crippen molar-refractivity contribution >= 4 is 11.7 Å². The fourth-order valence-corrected chi connectivity index (χ4v) is 2.94. The highest BCUT2D eigenvalue weighted by Gasteiger charge is 2.24. The summed E-state index contributed by atoms with van der Waals surface area (Å²) in [7, 11) is 2.07. The molecule has 0 aliphatic carbocycles. The molecule has 0 radical (unpaired) electrons. The van der Waals surface area contributed by atoms with Crippen LogP contribution in [0.2, 0.25) is 0 Å². The van der Waals surface area contributed by atoms with Gasteiger partial charge in [-0.05, 0) is 37.9 Å². The van der Waals surface area contributed by atoms with Crippen LogP contribution < -0.4 is 10.6 Å². The predicted octanol–water partition coefficient (Wildman–Crippen LogP) is 1.59. The molecule has 1 aromatic heterocycles. The number of hydrogen-bond donors (Lipinski definition) is 2. The molecule has 5 heteroatoms. The zero-order chi connectivity index (χ0) is 14.7. The van der Waals surface area contributed by atoms with Crippen LogP contribution in [0.25, 0.3) is 0 Å². The number of nitrogen functional groups attached to an aromatic ring is 1. The number of piperidine rings is 1. The Hall–Kier alpha value is -1.62. The van der Waals surface area contributed by atoms with E-state index in [0.717, 1.165) is 49.4 Å². The van der Waals surface area contributed by atoms with Crippen molar-refractivity contribution in [3.05, 3.63) is 23.4 Å². The second kappa shape index (κ2) is 6.22. The monoisotopic (exact) mass is 275 g/mol. The van der Waals surface area contributed by atoms with Crippen molar-refractivity contribution in [2.75, 3.05) is 31.6 Å². The first-order valence-electron chi connectivity index (χ1n) is 7.29. The Kier molecular flexibility index (Phi) is 4.60. The van der Waals surface area contributed by atoms with E-state index in [1.54, 1.807) is 6.20 Å². The molecular formula is C15H25N5. The lowest BCUT2D eigenvalue weighted by Gasteiger charge is -2.37. The molecule has 1 aromatic rings. The summed E-state index contributed by atoms with van der Waals surface area (Å²) in [4.78, 5) is 9.14. The second-order valence-corrected chi connectivity index (χ2v) is 5.52. The van der Waals surface area contributed by atoms with Gasteiger partial charge in [-0.1, -0.05) is 6.92 Å². The first kappa shape index (κ1) is 14.8. The van der Waals surface area contributed by atoms with Crippen LogP contribution in [0.4, 0.5) is 5.82 Å². The van der Waals surface area contributed by atoms with Crippen molar-refractivity contribution in [2.45, 2.75) is 32.7 Å². The quantitative estimate of drug-likeness (QED) is 0.647. The summed E-state index contributed by atoms with van der Waals surface area (Å²) in [5.41, 5.74) is 7.52. The molecule has 0 atom stereocenters. The minimum absolute atomic E-state index is 0.100. The Balaban J connectivity index is 2.20. The molecule has 0 aromatic carbocycles. The first-order valence-corrected chi connectivity index (χ1v) is 7.29. The van der Waals surface area contributed by atoms with Crippen LogP contribution in [-0.2, 0) is 0 Å². The van der Waals surface area contributed by atoms with E-state index in [4.69, 9.17) is 11.1 Å². The fourth-order valence-electron chi connectivity index (χ4n) is 2.94. The lowest BCUT2D eigenvalue weighted by atomic mass is 10.0. The second-order valence-electron chi connectivity index (χ2n) is 5.52. The summed E-state index contributed by atoms with van der Waals surface area (Å²) in [6.45, 7) is 7.58. The number of nitrogens with one attached hydrogen (secondary N) is 1. The third-order valence-electron chi connectivity index (χ3n) is 4.29. The van der Waals surface area contributed by atoms with E-state index in [9.17, 15) is 0 Å². The number of nitrogens with two attached hydrogens (primary N) is 1. The van der Waals surface area contributed by atoms with Crippen LogP contribution in [0.15, 0.2) is 12.3 Å². The molecular weight excluding hydrogens is 250 g/mol. The van der Waals surface area contributed by atoms with Gasteiger partial charge < -0.3 is 15.5 Å². The molecule has 2 rings (SSSR count). The van der Waals surface area contributed by atoms with E-state index in [2.05, 4.69) is 28.8 Å². The normalized spacial score (nSPS) is 17.1. The van der Waals surface area contributed by atoms with E-state index in [-0.39, 0.29) is 5.84 Å². The van der Waals surface area contributed by atoms with Crippen molar-refractivity contribution in [3.63, 3.8) is 0 Å². The largest absolute Gasteiger partial charge is 0.384 e. The van der Waals surface area contributed by atoms with Crippen LogP contribution in [0.3, 0.4) is 0 Å². The summed E-state index contributed by atoms with van der Waals surface area (Å²) in [6, 6.07) is 2.39. The highest BCUT2D eigenvalue weighted by molar-refractivity contribution is 6.01. The number of amidine groups is 1. The van der Waals surface area contributed by atoms with Gasteiger partial charge in [0.1, 0.15) is 11.7 Å². The average Bonchev–Trinajstić information content (AvgIpc) is 2.46. The number of nitrogens with zero attached hydrogens (tertiary/aromatic N) is 3. The molecule has 0 spiro atoms. The Labute approximate surface area is 121 Å². The molecule has 0 unspecified atom stereocenters. The molecule has 1 aliphatic heterocycles. The van der Waals surface area contributed by atoms with Gasteiger partial charge >= 0.3 is 0 Å². The van der Waals surface area contributed by atoms with Gasteiger partial charge in [0.15, 0.2) is 0 Å². The molecule has 1 aliphatic rings. The van der Waals surface area contributed by atoms with E-state index in [1.807, 2.05) is 13.0 Å². The van der Waals surface area contributed by atoms with Gasteiger partial charge in [-0.25, -0.2) is 4.98 Å². The van der Waals surface area contributed by atoms with Crippen LogP contribution >= 0.6 is 0 Å². The van der Waals surface area contributed by atoms with E-state index in [0.29, 0.717) is 6.04 Å². The van der Waals surface area contributed by atoms with Crippen molar-refractivity contribution in [1.82, 2.24) is 9.88 Å². The topological polar surface area (TPSA) is 69.2 Å². The number of aromatic nitrogens is 1. The molecule has 110 valence electrons. The third kappa shape index (κ3) is 2.93. The van der Waals surface area contributed by atoms with E-state index in [1.165, 1.54) is 0 Å². The van der Waals surface area contributed by atoms with Gasteiger partial charge in [0.05, 0.1) is 5.56 Å². The van der Waals surface area contributed by atoms with Gasteiger partial charge in [0, 0.05) is 32.4 Å². The van der Waals surface area contributed by atoms with Crippen molar-refractivity contribution in [1.29, 1.82) is 5.41 Å². The van der Waals surface area contributed by atoms with Crippen molar-refractivity contribution in [3.8, 4) is 0 Å². The molecule has 0 saturated carbocycles. The van der Waals surface area contributed by atoms with Crippen LogP contribution in [0.1, 0.15) is 30.9 Å². The van der Waals surface area contributed by atoms with Gasteiger partial charge in [0.25, 0.3) is 0 Å². The minimum atomic E-state index is 0.100. The van der Waals surface area contributed by atoms with Crippen molar-refractivity contribution in [2.24, 2.45) is 5.73 Å². The number of likely N-dealkylation sites (tertiary alicyclic amines) is 1. The maximum absolute atomic E-state index is 7.79. The predicted molar refractivity (Wildman–Crippen MR) is 83.5 cm³/mol. The average molecular weight is 275 g/mol. The molecule has 3 N–H and O–H groups in total. The number of hydrogen-bond acceptors (Lipinski definition) is 4. The maximum atomic E-state index is 7.79. The number of aryl methyl sites for hydroxylation is 1. The summed E-state index contributed by atoms with van der Waals surface area (Å²) in [6.07, 6.45) is 4.07. The lowest BCUT2D eigenvalue weighted by Crippen LogP contribution is -2.44.